The summed E-state index contributed by atoms with van der Waals surface area (Å²) < 4.78 is 36.2. The van der Waals surface area contributed by atoms with Crippen molar-refractivity contribution in [3.05, 3.63) is 29.8 Å². The van der Waals surface area contributed by atoms with Crippen LogP contribution in [0.15, 0.2) is 33.6 Å². The van der Waals surface area contributed by atoms with Crippen molar-refractivity contribution in [2.24, 2.45) is 4.40 Å². The van der Waals surface area contributed by atoms with E-state index in [1.165, 1.54) is 19.1 Å². The maximum atomic E-state index is 11.9. The van der Waals surface area contributed by atoms with Crippen molar-refractivity contribution in [3.8, 4) is 0 Å². The Morgan fingerprint density at radius 3 is 2.37 bits per heavy atom. The highest BCUT2D eigenvalue weighted by molar-refractivity contribution is 7.90. The Labute approximate surface area is 112 Å². The predicted octanol–water partition coefficient (Wildman–Crippen LogP) is 2.28. The summed E-state index contributed by atoms with van der Waals surface area (Å²) in [4.78, 5) is 11.0. The molecule has 1 aromatic rings. The molecule has 0 saturated heterocycles. The Kier molecular flexibility index (Phi) is 5.05. The van der Waals surface area contributed by atoms with Gasteiger partial charge in [-0.3, -0.25) is 0 Å². The summed E-state index contributed by atoms with van der Waals surface area (Å²) in [5, 5.41) is 0. The van der Waals surface area contributed by atoms with Crippen molar-refractivity contribution in [3.63, 3.8) is 0 Å². The van der Waals surface area contributed by atoms with Crippen LogP contribution >= 0.6 is 0 Å². The van der Waals surface area contributed by atoms with Gasteiger partial charge in [0, 0.05) is 6.92 Å². The van der Waals surface area contributed by atoms with Crippen LogP contribution in [0.25, 0.3) is 0 Å². The summed E-state index contributed by atoms with van der Waals surface area (Å²) in [7, 11) is -3.88. The van der Waals surface area contributed by atoms with Gasteiger partial charge in [-0.25, -0.2) is 4.79 Å². The van der Waals surface area contributed by atoms with Crippen LogP contribution in [-0.2, 0) is 19.5 Å². The highest BCUT2D eigenvalue weighted by Crippen LogP contribution is 2.13. The van der Waals surface area contributed by atoms with Crippen LogP contribution in [0.4, 0.5) is 4.79 Å². The number of rotatable bonds is 3. The van der Waals surface area contributed by atoms with Gasteiger partial charge in [-0.05, 0) is 26.0 Å². The van der Waals surface area contributed by atoms with Gasteiger partial charge in [0.1, 0.15) is 0 Å². The molecule has 1 rings (SSSR count). The Hall–Kier alpha value is -1.89. The molecule has 1 aromatic carbocycles. The van der Waals surface area contributed by atoms with Gasteiger partial charge in [0.15, 0.2) is 0 Å². The summed E-state index contributed by atoms with van der Waals surface area (Å²) >= 11 is 0. The summed E-state index contributed by atoms with van der Waals surface area (Å²) in [5.41, 5.74) is 0.933. The quantitative estimate of drug-likeness (QED) is 0.483. The third-order valence-electron chi connectivity index (χ3n) is 2.06. The third kappa shape index (κ3) is 4.70. The lowest BCUT2D eigenvalue weighted by molar-refractivity contribution is 0.100. The second-order valence-electron chi connectivity index (χ2n) is 3.68. The first-order chi connectivity index (χ1) is 8.85. The molecule has 0 aliphatic heterocycles. The van der Waals surface area contributed by atoms with E-state index in [2.05, 4.69) is 13.9 Å². The fourth-order valence-corrected chi connectivity index (χ4v) is 2.18. The van der Waals surface area contributed by atoms with Crippen molar-refractivity contribution in [2.45, 2.75) is 25.7 Å². The van der Waals surface area contributed by atoms with E-state index in [0.29, 0.717) is 0 Å². The SMILES string of the molecule is CCOC(=O)O/C(C)=N/S(=O)(=O)c1ccc(C)cc1. The zero-order chi connectivity index (χ0) is 14.5. The fourth-order valence-electron chi connectivity index (χ4n) is 1.22. The third-order valence-corrected chi connectivity index (χ3v) is 3.43. The highest BCUT2D eigenvalue weighted by atomic mass is 32.2. The smallest absolute Gasteiger partial charge is 0.434 e. The molecule has 6 nitrogen and oxygen atoms in total. The van der Waals surface area contributed by atoms with Gasteiger partial charge >= 0.3 is 6.16 Å². The van der Waals surface area contributed by atoms with E-state index >= 15 is 0 Å². The molecule has 104 valence electrons. The van der Waals surface area contributed by atoms with E-state index in [4.69, 9.17) is 0 Å². The monoisotopic (exact) mass is 285 g/mol. The molecular formula is C12H15NO5S. The lowest BCUT2D eigenvalue weighted by Gasteiger charge is -2.04. The summed E-state index contributed by atoms with van der Waals surface area (Å²) in [6.07, 6.45) is -0.983. The topological polar surface area (TPSA) is 82.0 Å². The normalized spacial score (nSPS) is 12.1. The van der Waals surface area contributed by atoms with E-state index < -0.39 is 16.2 Å². The first-order valence-corrected chi connectivity index (χ1v) is 7.02. The minimum Gasteiger partial charge on any atom is -0.434 e. The van der Waals surface area contributed by atoms with Crippen molar-refractivity contribution >= 4 is 22.1 Å². The predicted molar refractivity (Wildman–Crippen MR) is 69.6 cm³/mol. The number of aryl methyl sites for hydroxylation is 1. The maximum Gasteiger partial charge on any atom is 0.514 e. The van der Waals surface area contributed by atoms with E-state index in [-0.39, 0.29) is 17.4 Å². The zero-order valence-electron chi connectivity index (χ0n) is 10.9. The van der Waals surface area contributed by atoms with Crippen molar-refractivity contribution in [1.82, 2.24) is 0 Å². The van der Waals surface area contributed by atoms with Crippen LogP contribution in [-0.4, -0.2) is 27.1 Å². The maximum absolute atomic E-state index is 11.9. The number of benzene rings is 1. The molecule has 0 aliphatic rings. The minimum absolute atomic E-state index is 0.0323. The number of nitrogens with zero attached hydrogens (tertiary/aromatic N) is 1. The number of sulfonamides is 1. The van der Waals surface area contributed by atoms with Gasteiger partial charge in [0.25, 0.3) is 10.0 Å². The standard InChI is InChI=1S/C12H15NO5S/c1-4-17-12(14)18-10(3)13-19(15,16)11-7-5-9(2)6-8-11/h5-8H,4H2,1-3H3/b13-10+. The molecule has 0 aliphatic carbocycles. The molecule has 0 radical (unpaired) electrons. The Bertz CT molecular complexity index is 575. The molecule has 0 fully saturated rings. The molecule has 0 aromatic heterocycles. The molecule has 0 bridgehead atoms. The van der Waals surface area contributed by atoms with E-state index in [9.17, 15) is 13.2 Å². The van der Waals surface area contributed by atoms with Gasteiger partial charge in [0.05, 0.1) is 11.5 Å². The second kappa shape index (κ2) is 6.33. The fraction of sp³-hybridized carbons (Fsp3) is 0.333. The van der Waals surface area contributed by atoms with Gasteiger partial charge in [-0.15, -0.1) is 4.40 Å². The molecule has 0 N–H and O–H groups in total. The summed E-state index contributed by atoms with van der Waals surface area (Å²) in [6.45, 7) is 4.85. The molecule has 19 heavy (non-hydrogen) atoms. The van der Waals surface area contributed by atoms with Crippen LogP contribution in [0.3, 0.4) is 0 Å². The van der Waals surface area contributed by atoms with Gasteiger partial charge in [-0.1, -0.05) is 17.7 Å². The number of carbonyl (C=O) groups is 1. The van der Waals surface area contributed by atoms with Crippen molar-refractivity contribution < 1.29 is 22.7 Å². The zero-order valence-corrected chi connectivity index (χ0v) is 11.7. The molecule has 0 unspecified atom stereocenters. The molecule has 0 saturated carbocycles. The number of hydrogen-bond acceptors (Lipinski definition) is 5. The van der Waals surface area contributed by atoms with E-state index in [1.807, 2.05) is 6.92 Å². The molecule has 0 atom stereocenters. The van der Waals surface area contributed by atoms with Crippen LogP contribution < -0.4 is 0 Å². The van der Waals surface area contributed by atoms with Crippen LogP contribution in [0.5, 0.6) is 0 Å². The van der Waals surface area contributed by atoms with Crippen LogP contribution in [0, 0.1) is 6.92 Å². The summed E-state index contributed by atoms with van der Waals surface area (Å²) in [6, 6.07) is 6.19. The number of ether oxygens (including phenoxy) is 2. The van der Waals surface area contributed by atoms with Gasteiger partial charge in [0.2, 0.25) is 5.90 Å². The van der Waals surface area contributed by atoms with Gasteiger partial charge < -0.3 is 9.47 Å². The first-order valence-electron chi connectivity index (χ1n) is 5.58. The summed E-state index contributed by atoms with van der Waals surface area (Å²) in [5.74, 6) is -0.293. The van der Waals surface area contributed by atoms with E-state index in [1.54, 1.807) is 19.1 Å². The van der Waals surface area contributed by atoms with Crippen molar-refractivity contribution in [1.29, 1.82) is 0 Å². The van der Waals surface area contributed by atoms with E-state index in [0.717, 1.165) is 5.56 Å². The molecular weight excluding hydrogens is 270 g/mol. The Balaban J connectivity index is 2.89. The average molecular weight is 285 g/mol. The first kappa shape index (κ1) is 15.2. The van der Waals surface area contributed by atoms with Gasteiger partial charge in [-0.2, -0.15) is 8.42 Å². The molecule has 0 heterocycles. The molecule has 7 heteroatoms. The Morgan fingerprint density at radius 2 is 1.84 bits per heavy atom. The average Bonchev–Trinajstić information content (AvgIpc) is 2.28. The van der Waals surface area contributed by atoms with Crippen molar-refractivity contribution in [2.75, 3.05) is 6.61 Å². The number of hydrogen-bond donors (Lipinski definition) is 0. The van der Waals surface area contributed by atoms with Crippen LogP contribution in [0.2, 0.25) is 0 Å². The largest absolute Gasteiger partial charge is 0.514 e. The lowest BCUT2D eigenvalue weighted by Crippen LogP contribution is -2.13. The van der Waals surface area contributed by atoms with Crippen LogP contribution in [0.1, 0.15) is 19.4 Å². The number of carbonyl (C=O) groups excluding carboxylic acids is 1. The lowest BCUT2D eigenvalue weighted by atomic mass is 10.2. The molecule has 0 amide bonds. The minimum atomic E-state index is -3.88. The molecule has 0 spiro atoms. The highest BCUT2D eigenvalue weighted by Gasteiger charge is 2.15. The second-order valence-corrected chi connectivity index (χ2v) is 5.29. The Morgan fingerprint density at radius 1 is 1.26 bits per heavy atom.